The van der Waals surface area contributed by atoms with Gasteiger partial charge in [0, 0.05) is 32.7 Å². The fourth-order valence-corrected chi connectivity index (χ4v) is 2.69. The smallest absolute Gasteiger partial charge is 0.110 e. The average Bonchev–Trinajstić information content (AvgIpc) is 2.84. The second-order valence-electron chi connectivity index (χ2n) is 5.68. The zero-order valence-electron chi connectivity index (χ0n) is 13.6. The molecule has 1 aromatic carbocycles. The maximum absolute atomic E-state index is 5.09. The minimum atomic E-state index is 0.449. The summed E-state index contributed by atoms with van der Waals surface area (Å²) in [7, 11) is 1.74. The Morgan fingerprint density at radius 2 is 2.05 bits per heavy atom. The molecule has 0 aliphatic carbocycles. The number of fused-ring (bicyclic) bond motifs is 1. The van der Waals surface area contributed by atoms with Crippen LogP contribution in [0.4, 0.5) is 0 Å². The number of imidazole rings is 1. The Bertz CT molecular complexity index is 564. The number of aromatic nitrogens is 2. The van der Waals surface area contributed by atoms with Crippen LogP contribution in [0.5, 0.6) is 0 Å². The van der Waals surface area contributed by atoms with E-state index in [1.807, 2.05) is 0 Å². The molecule has 0 aliphatic heterocycles. The van der Waals surface area contributed by atoms with Crippen LogP contribution in [0.2, 0.25) is 0 Å². The van der Waals surface area contributed by atoms with Crippen molar-refractivity contribution < 1.29 is 4.74 Å². The summed E-state index contributed by atoms with van der Waals surface area (Å²) in [5, 5.41) is 3.51. The second-order valence-corrected chi connectivity index (χ2v) is 5.68. The van der Waals surface area contributed by atoms with Gasteiger partial charge in [0.25, 0.3) is 0 Å². The molecule has 4 nitrogen and oxygen atoms in total. The van der Waals surface area contributed by atoms with E-state index in [0.29, 0.717) is 12.0 Å². The van der Waals surface area contributed by atoms with E-state index in [9.17, 15) is 0 Å². The van der Waals surface area contributed by atoms with Crippen LogP contribution in [0.1, 0.15) is 26.6 Å². The van der Waals surface area contributed by atoms with Crippen LogP contribution in [0, 0.1) is 5.92 Å². The Labute approximate surface area is 127 Å². The Balaban J connectivity index is 2.08. The molecule has 0 aliphatic rings. The Hall–Kier alpha value is -1.39. The maximum Gasteiger partial charge on any atom is 0.110 e. The van der Waals surface area contributed by atoms with Gasteiger partial charge >= 0.3 is 0 Å². The number of aryl methyl sites for hydroxylation is 1. The Kier molecular flexibility index (Phi) is 5.76. The van der Waals surface area contributed by atoms with Gasteiger partial charge in [-0.1, -0.05) is 19.1 Å². The highest BCUT2D eigenvalue weighted by Crippen LogP contribution is 2.19. The molecule has 0 spiro atoms. The molecule has 0 fully saturated rings. The lowest BCUT2D eigenvalue weighted by molar-refractivity contribution is 0.192. The Morgan fingerprint density at radius 3 is 2.76 bits per heavy atom. The van der Waals surface area contributed by atoms with Gasteiger partial charge in [0.2, 0.25) is 0 Å². The molecule has 4 heteroatoms. The average molecular weight is 289 g/mol. The summed E-state index contributed by atoms with van der Waals surface area (Å²) in [6.45, 7) is 9.32. The maximum atomic E-state index is 5.09. The second kappa shape index (κ2) is 7.57. The van der Waals surface area contributed by atoms with Gasteiger partial charge < -0.3 is 14.6 Å². The number of methoxy groups -OCH3 is 1. The minimum Gasteiger partial charge on any atom is -0.383 e. The normalized spacial score (nSPS) is 14.5. The molecule has 116 valence electrons. The molecule has 0 radical (unpaired) electrons. The summed E-state index contributed by atoms with van der Waals surface area (Å²) in [5.41, 5.74) is 2.34. The minimum absolute atomic E-state index is 0.449. The summed E-state index contributed by atoms with van der Waals surface area (Å²) < 4.78 is 7.41. The van der Waals surface area contributed by atoms with E-state index in [1.165, 1.54) is 11.3 Å². The number of ether oxygens (including phenoxy) is 1. The van der Waals surface area contributed by atoms with E-state index in [-0.39, 0.29) is 0 Å². The van der Waals surface area contributed by atoms with Gasteiger partial charge in [0.1, 0.15) is 5.82 Å². The first-order valence-corrected chi connectivity index (χ1v) is 7.83. The number of para-hydroxylation sites is 2. The van der Waals surface area contributed by atoms with Crippen LogP contribution in [0.15, 0.2) is 24.3 Å². The lowest BCUT2D eigenvalue weighted by Gasteiger charge is -2.21. The number of hydrogen-bond donors (Lipinski definition) is 1. The number of benzene rings is 1. The van der Waals surface area contributed by atoms with Crippen molar-refractivity contribution in [1.82, 2.24) is 14.9 Å². The van der Waals surface area contributed by atoms with E-state index in [0.717, 1.165) is 31.6 Å². The van der Waals surface area contributed by atoms with Crippen LogP contribution >= 0.6 is 0 Å². The van der Waals surface area contributed by atoms with Crippen molar-refractivity contribution in [2.45, 2.75) is 39.8 Å². The quantitative estimate of drug-likeness (QED) is 0.760. The zero-order valence-corrected chi connectivity index (χ0v) is 13.6. The third-order valence-electron chi connectivity index (χ3n) is 4.18. The van der Waals surface area contributed by atoms with Crippen molar-refractivity contribution in [1.29, 1.82) is 0 Å². The van der Waals surface area contributed by atoms with Crippen molar-refractivity contribution in [3.05, 3.63) is 30.1 Å². The molecule has 21 heavy (non-hydrogen) atoms. The summed E-state index contributed by atoms with van der Waals surface area (Å²) in [5.74, 6) is 1.72. The third kappa shape index (κ3) is 3.83. The molecule has 2 unspecified atom stereocenters. The van der Waals surface area contributed by atoms with Crippen molar-refractivity contribution in [2.75, 3.05) is 20.3 Å². The molecule has 0 saturated heterocycles. The van der Waals surface area contributed by atoms with Gasteiger partial charge in [-0.2, -0.15) is 0 Å². The molecule has 1 N–H and O–H groups in total. The molecule has 0 saturated carbocycles. The molecule has 0 amide bonds. The molecule has 2 aromatic rings. The largest absolute Gasteiger partial charge is 0.383 e. The fraction of sp³-hybridized carbons (Fsp3) is 0.588. The molecule has 0 bridgehead atoms. The lowest BCUT2D eigenvalue weighted by Crippen LogP contribution is -2.35. The van der Waals surface area contributed by atoms with Crippen molar-refractivity contribution in [2.24, 2.45) is 5.92 Å². The van der Waals surface area contributed by atoms with E-state index in [4.69, 9.17) is 9.72 Å². The van der Waals surface area contributed by atoms with Crippen molar-refractivity contribution in [3.63, 3.8) is 0 Å². The summed E-state index contributed by atoms with van der Waals surface area (Å²) in [6, 6.07) is 8.83. The van der Waals surface area contributed by atoms with Crippen LogP contribution in [0.3, 0.4) is 0 Å². The number of hydrogen-bond acceptors (Lipinski definition) is 3. The predicted molar refractivity (Wildman–Crippen MR) is 87.6 cm³/mol. The summed E-state index contributed by atoms with van der Waals surface area (Å²) >= 11 is 0. The Morgan fingerprint density at radius 1 is 1.29 bits per heavy atom. The molecule has 1 aromatic heterocycles. The predicted octanol–water partition coefficient (Wildman–Crippen LogP) is 2.86. The number of rotatable bonds is 8. The van der Waals surface area contributed by atoms with Gasteiger partial charge in [-0.05, 0) is 31.9 Å². The SMILES string of the molecule is CCn1c(CC(C)C(C)NCCOC)nc2ccccc21. The molecule has 2 atom stereocenters. The highest BCUT2D eigenvalue weighted by atomic mass is 16.5. The monoisotopic (exact) mass is 289 g/mol. The molecular weight excluding hydrogens is 262 g/mol. The fourth-order valence-electron chi connectivity index (χ4n) is 2.69. The van der Waals surface area contributed by atoms with Crippen molar-refractivity contribution in [3.8, 4) is 0 Å². The van der Waals surface area contributed by atoms with Gasteiger partial charge in [-0.15, -0.1) is 0 Å². The zero-order chi connectivity index (χ0) is 15.2. The first-order valence-electron chi connectivity index (χ1n) is 7.83. The highest BCUT2D eigenvalue weighted by Gasteiger charge is 2.16. The van der Waals surface area contributed by atoms with Crippen LogP contribution in [-0.2, 0) is 17.7 Å². The molecular formula is C17H27N3O. The number of nitrogens with zero attached hydrogens (tertiary/aromatic N) is 2. The van der Waals surface area contributed by atoms with Gasteiger partial charge in [0.05, 0.1) is 17.6 Å². The lowest BCUT2D eigenvalue weighted by atomic mass is 9.99. The highest BCUT2D eigenvalue weighted by molar-refractivity contribution is 5.75. The van der Waals surface area contributed by atoms with E-state index in [1.54, 1.807) is 7.11 Å². The standard InChI is InChI=1S/C17H27N3O/c1-5-20-16-9-7-6-8-15(16)19-17(20)12-13(2)14(3)18-10-11-21-4/h6-9,13-14,18H,5,10-12H2,1-4H3. The van der Waals surface area contributed by atoms with Gasteiger partial charge in [-0.3, -0.25) is 0 Å². The molecule has 2 rings (SSSR count). The van der Waals surface area contributed by atoms with Crippen LogP contribution in [0.25, 0.3) is 11.0 Å². The summed E-state index contributed by atoms with van der Waals surface area (Å²) in [4.78, 5) is 4.81. The molecule has 1 heterocycles. The van der Waals surface area contributed by atoms with E-state index in [2.05, 4.69) is 54.9 Å². The van der Waals surface area contributed by atoms with Crippen molar-refractivity contribution >= 4 is 11.0 Å². The van der Waals surface area contributed by atoms with Gasteiger partial charge in [0.15, 0.2) is 0 Å². The third-order valence-corrected chi connectivity index (χ3v) is 4.18. The summed E-state index contributed by atoms with van der Waals surface area (Å²) in [6.07, 6.45) is 0.990. The van der Waals surface area contributed by atoms with Crippen LogP contribution in [-0.4, -0.2) is 35.9 Å². The first kappa shape index (κ1) is 16.0. The van der Waals surface area contributed by atoms with E-state index < -0.39 is 0 Å². The topological polar surface area (TPSA) is 39.1 Å². The van der Waals surface area contributed by atoms with Crippen LogP contribution < -0.4 is 5.32 Å². The first-order chi connectivity index (χ1) is 10.2. The number of nitrogens with one attached hydrogen (secondary N) is 1. The van der Waals surface area contributed by atoms with Gasteiger partial charge in [-0.25, -0.2) is 4.98 Å². The van der Waals surface area contributed by atoms with E-state index >= 15 is 0 Å².